The fourth-order valence-corrected chi connectivity index (χ4v) is 4.19. The Hall–Kier alpha value is -3.65. The third kappa shape index (κ3) is 4.34. The van der Waals surface area contributed by atoms with Crippen molar-refractivity contribution in [1.29, 1.82) is 0 Å². The SMILES string of the molecule is COCCN1C2=NCC(C(=O)OC)=C(CCc3ccccc3)N2c2cc(C(=O)OC)ccc21. The number of aliphatic imine (C=N–C) groups is 1. The largest absolute Gasteiger partial charge is 0.466 e. The van der Waals surface area contributed by atoms with Gasteiger partial charge in [0.1, 0.15) is 0 Å². The summed E-state index contributed by atoms with van der Waals surface area (Å²) in [5.74, 6) is -0.117. The van der Waals surface area contributed by atoms with Crippen LogP contribution in [0.25, 0.3) is 0 Å². The Morgan fingerprint density at radius 1 is 0.939 bits per heavy atom. The van der Waals surface area contributed by atoms with Gasteiger partial charge in [0.2, 0.25) is 5.96 Å². The van der Waals surface area contributed by atoms with Crippen LogP contribution in [0.3, 0.4) is 0 Å². The molecule has 2 aromatic carbocycles. The number of anilines is 2. The number of guanidine groups is 1. The van der Waals surface area contributed by atoms with E-state index in [9.17, 15) is 9.59 Å². The van der Waals surface area contributed by atoms with Crippen molar-refractivity contribution in [3.05, 3.63) is 70.9 Å². The van der Waals surface area contributed by atoms with Gasteiger partial charge in [-0.25, -0.2) is 14.6 Å². The second-order valence-electron chi connectivity index (χ2n) is 7.69. The van der Waals surface area contributed by atoms with Crippen molar-refractivity contribution in [2.45, 2.75) is 12.8 Å². The molecule has 8 nitrogen and oxygen atoms in total. The Balaban J connectivity index is 1.80. The second-order valence-corrected chi connectivity index (χ2v) is 7.69. The standard InChI is InChI=1S/C25H27N3O5/c1-31-14-13-27-21-12-10-18(23(29)32-2)15-22(21)28-20(11-9-17-7-5-4-6-8-17)19(24(30)33-3)16-26-25(27)28/h4-8,10,12,15H,9,11,13-14,16H2,1-3H3. The van der Waals surface area contributed by atoms with E-state index in [4.69, 9.17) is 19.2 Å². The molecular weight excluding hydrogens is 422 g/mol. The van der Waals surface area contributed by atoms with Crippen LogP contribution in [0.5, 0.6) is 0 Å². The Bertz CT molecular complexity index is 1110. The monoisotopic (exact) mass is 449 g/mol. The molecule has 0 bridgehead atoms. The minimum Gasteiger partial charge on any atom is -0.466 e. The maximum atomic E-state index is 12.7. The Labute approximate surface area is 193 Å². The summed E-state index contributed by atoms with van der Waals surface area (Å²) in [5.41, 5.74) is 4.59. The van der Waals surface area contributed by atoms with Crippen LogP contribution < -0.4 is 9.80 Å². The molecule has 0 N–H and O–H groups in total. The molecule has 0 spiro atoms. The van der Waals surface area contributed by atoms with Crippen LogP contribution in [-0.2, 0) is 25.4 Å². The first-order valence-electron chi connectivity index (χ1n) is 10.8. The van der Waals surface area contributed by atoms with Gasteiger partial charge in [-0.05, 0) is 36.6 Å². The van der Waals surface area contributed by atoms with E-state index in [0.717, 1.165) is 29.1 Å². The van der Waals surface area contributed by atoms with E-state index in [1.54, 1.807) is 19.2 Å². The maximum absolute atomic E-state index is 12.7. The topological polar surface area (TPSA) is 80.7 Å². The summed E-state index contributed by atoms with van der Waals surface area (Å²) in [4.78, 5) is 33.7. The van der Waals surface area contributed by atoms with Crippen LogP contribution in [0.4, 0.5) is 11.4 Å². The second kappa shape index (κ2) is 9.87. The molecule has 2 aromatic rings. The summed E-state index contributed by atoms with van der Waals surface area (Å²) in [7, 11) is 4.38. The minimum atomic E-state index is -0.424. The van der Waals surface area contributed by atoms with Gasteiger partial charge < -0.3 is 19.1 Å². The molecule has 33 heavy (non-hydrogen) atoms. The van der Waals surface area contributed by atoms with Gasteiger partial charge in [0.15, 0.2) is 0 Å². The van der Waals surface area contributed by atoms with Crippen LogP contribution in [0, 0.1) is 0 Å². The van der Waals surface area contributed by atoms with Crippen molar-refractivity contribution in [1.82, 2.24) is 0 Å². The summed E-state index contributed by atoms with van der Waals surface area (Å²) in [5, 5.41) is 0. The molecule has 0 fully saturated rings. The number of esters is 2. The molecule has 2 heterocycles. The van der Waals surface area contributed by atoms with Gasteiger partial charge in [-0.15, -0.1) is 0 Å². The van der Waals surface area contributed by atoms with E-state index >= 15 is 0 Å². The highest BCUT2D eigenvalue weighted by atomic mass is 16.5. The fraction of sp³-hybridized carbons (Fsp3) is 0.320. The van der Waals surface area contributed by atoms with Crippen molar-refractivity contribution in [3.8, 4) is 0 Å². The van der Waals surface area contributed by atoms with Gasteiger partial charge in [0, 0.05) is 19.4 Å². The number of benzene rings is 2. The average Bonchev–Trinajstić information content (AvgIpc) is 3.18. The van der Waals surface area contributed by atoms with Crippen molar-refractivity contribution in [3.63, 3.8) is 0 Å². The van der Waals surface area contributed by atoms with Crippen molar-refractivity contribution in [2.24, 2.45) is 4.99 Å². The molecule has 172 valence electrons. The van der Waals surface area contributed by atoms with E-state index in [-0.39, 0.29) is 6.54 Å². The Kier molecular flexibility index (Phi) is 6.74. The first kappa shape index (κ1) is 22.5. The summed E-state index contributed by atoms with van der Waals surface area (Å²) >= 11 is 0. The molecule has 2 aliphatic heterocycles. The fourth-order valence-electron chi connectivity index (χ4n) is 4.19. The summed E-state index contributed by atoms with van der Waals surface area (Å²) in [6, 6.07) is 15.5. The predicted molar refractivity (Wildman–Crippen MR) is 126 cm³/mol. The maximum Gasteiger partial charge on any atom is 0.337 e. The van der Waals surface area contributed by atoms with Gasteiger partial charge in [0.05, 0.1) is 49.9 Å². The van der Waals surface area contributed by atoms with Crippen LogP contribution in [0.15, 0.2) is 64.8 Å². The quantitative estimate of drug-likeness (QED) is 0.573. The predicted octanol–water partition coefficient (Wildman–Crippen LogP) is 3.18. The van der Waals surface area contributed by atoms with Gasteiger partial charge in [0.25, 0.3) is 0 Å². The van der Waals surface area contributed by atoms with Crippen molar-refractivity contribution < 1.29 is 23.8 Å². The summed E-state index contributed by atoms with van der Waals surface area (Å²) in [6.45, 7) is 1.30. The lowest BCUT2D eigenvalue weighted by Crippen LogP contribution is -2.43. The lowest BCUT2D eigenvalue weighted by atomic mass is 10.0. The highest BCUT2D eigenvalue weighted by Crippen LogP contribution is 2.43. The Morgan fingerprint density at radius 3 is 2.39 bits per heavy atom. The highest BCUT2D eigenvalue weighted by molar-refractivity contribution is 6.20. The normalized spacial score (nSPS) is 14.6. The zero-order chi connectivity index (χ0) is 23.4. The molecular formula is C25H27N3O5. The molecule has 4 rings (SSSR count). The van der Waals surface area contributed by atoms with E-state index in [1.807, 2.05) is 29.2 Å². The van der Waals surface area contributed by atoms with E-state index in [0.29, 0.717) is 36.7 Å². The molecule has 0 saturated carbocycles. The molecule has 8 heteroatoms. The molecule has 0 amide bonds. The molecule has 0 saturated heterocycles. The number of methoxy groups -OCH3 is 3. The smallest absolute Gasteiger partial charge is 0.337 e. The summed E-state index contributed by atoms with van der Waals surface area (Å²) in [6.07, 6.45) is 1.35. The van der Waals surface area contributed by atoms with E-state index < -0.39 is 11.9 Å². The number of allylic oxidation sites excluding steroid dienone is 1. The molecule has 0 unspecified atom stereocenters. The number of fused-ring (bicyclic) bond motifs is 3. The third-order valence-electron chi connectivity index (χ3n) is 5.81. The highest BCUT2D eigenvalue weighted by Gasteiger charge is 2.39. The molecule has 2 aliphatic rings. The van der Waals surface area contributed by atoms with Gasteiger partial charge in [-0.3, -0.25) is 4.90 Å². The number of hydrogen-bond acceptors (Lipinski definition) is 8. The number of carbonyl (C=O) groups is 2. The molecule has 0 radical (unpaired) electrons. The van der Waals surface area contributed by atoms with E-state index in [1.165, 1.54) is 14.2 Å². The van der Waals surface area contributed by atoms with Gasteiger partial charge in [-0.1, -0.05) is 30.3 Å². The number of aryl methyl sites for hydroxylation is 1. The zero-order valence-electron chi connectivity index (χ0n) is 19.0. The van der Waals surface area contributed by atoms with Crippen LogP contribution in [0.1, 0.15) is 22.3 Å². The summed E-state index contributed by atoms with van der Waals surface area (Å²) < 4.78 is 15.3. The molecule has 0 aromatic heterocycles. The Morgan fingerprint density at radius 2 is 1.70 bits per heavy atom. The number of hydrogen-bond donors (Lipinski definition) is 0. The third-order valence-corrected chi connectivity index (χ3v) is 5.81. The zero-order valence-corrected chi connectivity index (χ0v) is 19.0. The lowest BCUT2D eigenvalue weighted by Gasteiger charge is -2.30. The van der Waals surface area contributed by atoms with Crippen molar-refractivity contribution in [2.75, 3.05) is 50.8 Å². The average molecular weight is 450 g/mol. The molecule has 0 atom stereocenters. The van der Waals surface area contributed by atoms with Crippen molar-refractivity contribution >= 4 is 29.3 Å². The number of nitrogens with zero attached hydrogens (tertiary/aromatic N) is 3. The number of ether oxygens (including phenoxy) is 3. The van der Waals surface area contributed by atoms with Gasteiger partial charge >= 0.3 is 11.9 Å². The first-order valence-corrected chi connectivity index (χ1v) is 10.8. The molecule has 0 aliphatic carbocycles. The van der Waals surface area contributed by atoms with Crippen LogP contribution in [-0.4, -0.2) is 58.9 Å². The number of carbonyl (C=O) groups excluding carboxylic acids is 2. The number of rotatable bonds is 8. The van der Waals surface area contributed by atoms with Crippen LogP contribution >= 0.6 is 0 Å². The lowest BCUT2D eigenvalue weighted by molar-refractivity contribution is -0.136. The van der Waals surface area contributed by atoms with Gasteiger partial charge in [-0.2, -0.15) is 0 Å². The first-order chi connectivity index (χ1) is 16.1. The van der Waals surface area contributed by atoms with Crippen LogP contribution in [0.2, 0.25) is 0 Å². The minimum absolute atomic E-state index is 0.226. The van der Waals surface area contributed by atoms with E-state index in [2.05, 4.69) is 17.0 Å².